The molecule has 0 aromatic carbocycles. The standard InChI is InChI=1S/C22H23F3N6O4/c1-12-17(35-14-5-3-4-13(8-14)21(32)33)7-6-15(28-12)20-16(31(2)30-29-20)10-34-19-9-18(22(23,24)25)26-11-27-19/h6-7,9,11,13-14H,3-5,8,10H2,1-2H3,(H,32,33)/t13-,14-/m0/s1. The summed E-state index contributed by atoms with van der Waals surface area (Å²) in [5.74, 6) is -0.908. The van der Waals surface area contributed by atoms with E-state index in [-0.39, 0.29) is 18.6 Å². The average molecular weight is 492 g/mol. The number of pyridine rings is 1. The lowest BCUT2D eigenvalue weighted by atomic mass is 9.87. The normalized spacial score (nSPS) is 18.3. The third kappa shape index (κ3) is 5.66. The summed E-state index contributed by atoms with van der Waals surface area (Å²) in [6.07, 6.45) is -1.38. The molecule has 0 spiro atoms. The predicted molar refractivity (Wildman–Crippen MR) is 114 cm³/mol. The van der Waals surface area contributed by atoms with Crippen molar-refractivity contribution in [2.75, 3.05) is 0 Å². The largest absolute Gasteiger partial charge is 0.489 e. The van der Waals surface area contributed by atoms with Gasteiger partial charge in [-0.1, -0.05) is 5.21 Å². The van der Waals surface area contributed by atoms with Crippen LogP contribution in [-0.2, 0) is 24.6 Å². The Labute approximate surface area is 198 Å². The maximum absolute atomic E-state index is 12.9. The van der Waals surface area contributed by atoms with Gasteiger partial charge in [0.2, 0.25) is 5.88 Å². The number of halogens is 3. The lowest BCUT2D eigenvalue weighted by Gasteiger charge is -2.27. The van der Waals surface area contributed by atoms with Crippen molar-refractivity contribution < 1.29 is 32.5 Å². The number of rotatable bonds is 7. The number of carbonyl (C=O) groups is 1. The molecule has 2 atom stereocenters. The zero-order valence-corrected chi connectivity index (χ0v) is 19.0. The van der Waals surface area contributed by atoms with Crippen molar-refractivity contribution in [3.8, 4) is 23.0 Å². The number of carboxylic acid groups (broad SMARTS) is 1. The number of hydrogen-bond donors (Lipinski definition) is 1. The Hall–Kier alpha value is -3.77. The van der Waals surface area contributed by atoms with Crippen molar-refractivity contribution in [3.63, 3.8) is 0 Å². The highest BCUT2D eigenvalue weighted by molar-refractivity contribution is 5.70. The summed E-state index contributed by atoms with van der Waals surface area (Å²) < 4.78 is 51.6. The minimum atomic E-state index is -4.61. The Balaban J connectivity index is 1.49. The van der Waals surface area contributed by atoms with Crippen molar-refractivity contribution >= 4 is 5.97 Å². The fourth-order valence-corrected chi connectivity index (χ4v) is 3.91. The second kappa shape index (κ2) is 9.84. The molecule has 1 aliphatic carbocycles. The molecule has 0 bridgehead atoms. The van der Waals surface area contributed by atoms with Crippen LogP contribution in [0.2, 0.25) is 0 Å². The summed E-state index contributed by atoms with van der Waals surface area (Å²) in [4.78, 5) is 22.8. The van der Waals surface area contributed by atoms with Crippen LogP contribution < -0.4 is 9.47 Å². The van der Waals surface area contributed by atoms with Gasteiger partial charge in [-0.15, -0.1) is 5.10 Å². The molecule has 1 saturated carbocycles. The van der Waals surface area contributed by atoms with Crippen molar-refractivity contribution in [3.05, 3.63) is 41.6 Å². The van der Waals surface area contributed by atoms with Crippen LogP contribution in [0.3, 0.4) is 0 Å². The summed E-state index contributed by atoms with van der Waals surface area (Å²) in [6.45, 7) is 1.62. The van der Waals surface area contributed by atoms with Gasteiger partial charge in [0, 0.05) is 13.1 Å². The zero-order chi connectivity index (χ0) is 25.2. The molecule has 3 heterocycles. The summed E-state index contributed by atoms with van der Waals surface area (Å²) >= 11 is 0. The van der Waals surface area contributed by atoms with Gasteiger partial charge in [-0.3, -0.25) is 4.79 Å². The van der Waals surface area contributed by atoms with Gasteiger partial charge in [-0.25, -0.2) is 19.6 Å². The Morgan fingerprint density at radius 1 is 1.26 bits per heavy atom. The van der Waals surface area contributed by atoms with E-state index in [1.807, 2.05) is 0 Å². The lowest BCUT2D eigenvalue weighted by Crippen LogP contribution is -2.29. The quantitative estimate of drug-likeness (QED) is 0.527. The Bertz CT molecular complexity index is 1220. The van der Waals surface area contributed by atoms with Gasteiger partial charge in [0.1, 0.15) is 30.1 Å². The van der Waals surface area contributed by atoms with Crippen LogP contribution in [0.4, 0.5) is 13.2 Å². The maximum Gasteiger partial charge on any atom is 0.433 e. The molecule has 1 aliphatic rings. The van der Waals surface area contributed by atoms with Crippen LogP contribution in [0, 0.1) is 12.8 Å². The second-order valence-electron chi connectivity index (χ2n) is 8.26. The Morgan fingerprint density at radius 2 is 2.06 bits per heavy atom. The van der Waals surface area contributed by atoms with Gasteiger partial charge in [0.05, 0.1) is 23.4 Å². The smallest absolute Gasteiger partial charge is 0.433 e. The second-order valence-corrected chi connectivity index (χ2v) is 8.26. The predicted octanol–water partition coefficient (Wildman–Crippen LogP) is 3.60. The molecule has 3 aromatic rings. The van der Waals surface area contributed by atoms with E-state index in [1.165, 1.54) is 4.68 Å². The molecular formula is C22H23F3N6O4. The molecule has 0 aliphatic heterocycles. The molecule has 10 nitrogen and oxygen atoms in total. The monoisotopic (exact) mass is 492 g/mol. The van der Waals surface area contributed by atoms with E-state index in [0.717, 1.165) is 25.2 Å². The van der Waals surface area contributed by atoms with Gasteiger partial charge < -0.3 is 14.6 Å². The van der Waals surface area contributed by atoms with Crippen LogP contribution in [0.1, 0.15) is 42.8 Å². The highest BCUT2D eigenvalue weighted by Crippen LogP contribution is 2.31. The maximum atomic E-state index is 12.9. The van der Waals surface area contributed by atoms with Gasteiger partial charge >= 0.3 is 12.1 Å². The molecular weight excluding hydrogens is 469 g/mol. The molecule has 0 radical (unpaired) electrons. The lowest BCUT2D eigenvalue weighted by molar-refractivity contribution is -0.144. The number of carboxylic acids is 1. The minimum absolute atomic E-state index is 0.148. The number of ether oxygens (including phenoxy) is 2. The van der Waals surface area contributed by atoms with E-state index in [0.29, 0.717) is 41.4 Å². The van der Waals surface area contributed by atoms with E-state index in [4.69, 9.17) is 9.47 Å². The number of alkyl halides is 3. The van der Waals surface area contributed by atoms with Gasteiger partial charge in [0.15, 0.2) is 5.69 Å². The van der Waals surface area contributed by atoms with Crippen LogP contribution >= 0.6 is 0 Å². The molecule has 1 N–H and O–H groups in total. The Kier molecular flexibility index (Phi) is 6.85. The molecule has 0 unspecified atom stereocenters. The van der Waals surface area contributed by atoms with E-state index in [9.17, 15) is 23.1 Å². The number of aryl methyl sites for hydroxylation is 2. The van der Waals surface area contributed by atoms with Crippen LogP contribution in [-0.4, -0.2) is 47.1 Å². The molecule has 186 valence electrons. The first kappa shape index (κ1) is 24.4. The Morgan fingerprint density at radius 3 is 2.77 bits per heavy atom. The topological polar surface area (TPSA) is 125 Å². The van der Waals surface area contributed by atoms with Gasteiger partial charge in [-0.05, 0) is 44.7 Å². The molecule has 0 saturated heterocycles. The number of hydrogen-bond acceptors (Lipinski definition) is 8. The summed E-state index contributed by atoms with van der Waals surface area (Å²) in [5.41, 5.74) is 0.840. The van der Waals surface area contributed by atoms with E-state index in [2.05, 4.69) is 25.3 Å². The van der Waals surface area contributed by atoms with Crippen LogP contribution in [0.15, 0.2) is 24.5 Å². The average Bonchev–Trinajstić information content (AvgIpc) is 3.19. The zero-order valence-electron chi connectivity index (χ0n) is 19.0. The van der Waals surface area contributed by atoms with Crippen LogP contribution in [0.25, 0.3) is 11.4 Å². The van der Waals surface area contributed by atoms with Crippen molar-refractivity contribution in [2.45, 2.75) is 51.5 Å². The highest BCUT2D eigenvalue weighted by Gasteiger charge is 2.33. The van der Waals surface area contributed by atoms with Crippen LogP contribution in [0.5, 0.6) is 11.6 Å². The summed E-state index contributed by atoms with van der Waals surface area (Å²) in [6, 6.07) is 4.15. The first-order valence-corrected chi connectivity index (χ1v) is 10.9. The summed E-state index contributed by atoms with van der Waals surface area (Å²) in [5, 5.41) is 17.4. The number of aliphatic carboxylic acids is 1. The third-order valence-electron chi connectivity index (χ3n) is 5.78. The first-order valence-electron chi connectivity index (χ1n) is 10.9. The van der Waals surface area contributed by atoms with Gasteiger partial charge in [0.25, 0.3) is 0 Å². The third-order valence-corrected chi connectivity index (χ3v) is 5.78. The fourth-order valence-electron chi connectivity index (χ4n) is 3.91. The molecule has 4 rings (SSSR count). The summed E-state index contributed by atoms with van der Waals surface area (Å²) in [7, 11) is 1.63. The van der Waals surface area contributed by atoms with E-state index < -0.39 is 23.8 Å². The number of aromatic nitrogens is 6. The molecule has 13 heteroatoms. The fraction of sp³-hybridized carbons (Fsp3) is 0.455. The SMILES string of the molecule is Cc1nc(-c2nnn(C)c2COc2cc(C(F)(F)F)ncn2)ccc1O[C@H]1CCC[C@H](C(=O)O)C1. The van der Waals surface area contributed by atoms with E-state index >= 15 is 0 Å². The molecule has 35 heavy (non-hydrogen) atoms. The van der Waals surface area contributed by atoms with Gasteiger partial charge in [-0.2, -0.15) is 13.2 Å². The van der Waals surface area contributed by atoms with E-state index in [1.54, 1.807) is 26.1 Å². The molecule has 3 aromatic heterocycles. The minimum Gasteiger partial charge on any atom is -0.489 e. The van der Waals surface area contributed by atoms with Crippen molar-refractivity contribution in [2.24, 2.45) is 13.0 Å². The highest BCUT2D eigenvalue weighted by atomic mass is 19.4. The number of nitrogens with zero attached hydrogens (tertiary/aromatic N) is 6. The first-order chi connectivity index (χ1) is 16.6. The van der Waals surface area contributed by atoms with Crippen molar-refractivity contribution in [1.82, 2.24) is 29.9 Å². The molecule has 1 fully saturated rings. The van der Waals surface area contributed by atoms with Crippen molar-refractivity contribution in [1.29, 1.82) is 0 Å². The molecule has 0 amide bonds.